The van der Waals surface area contributed by atoms with Gasteiger partial charge >= 0.3 is 17.9 Å². The molecule has 0 saturated heterocycles. The number of rotatable bonds is 9. The molecule has 0 radical (unpaired) electrons. The molecule has 2 atom stereocenters. The van der Waals surface area contributed by atoms with E-state index in [2.05, 4.69) is 4.74 Å². The zero-order valence-corrected chi connectivity index (χ0v) is 14.1. The van der Waals surface area contributed by atoms with Gasteiger partial charge in [0.25, 0.3) is 0 Å². The average Bonchev–Trinajstić information content (AvgIpc) is 2.52. The van der Waals surface area contributed by atoms with Gasteiger partial charge in [0.1, 0.15) is 12.4 Å². The van der Waals surface area contributed by atoms with Crippen LogP contribution >= 0.6 is 0 Å². The fourth-order valence-electron chi connectivity index (χ4n) is 2.09. The van der Waals surface area contributed by atoms with Crippen molar-refractivity contribution in [3.05, 3.63) is 29.8 Å². The molecule has 0 aromatic heterocycles. The van der Waals surface area contributed by atoms with Crippen molar-refractivity contribution in [1.29, 1.82) is 0 Å². The van der Waals surface area contributed by atoms with E-state index in [1.54, 1.807) is 24.3 Å². The molecular formula is C17H21NO7. The van der Waals surface area contributed by atoms with Gasteiger partial charge in [-0.1, -0.05) is 12.1 Å². The Morgan fingerprint density at radius 1 is 1.08 bits per heavy atom. The van der Waals surface area contributed by atoms with Crippen LogP contribution in [0.1, 0.15) is 25.8 Å². The summed E-state index contributed by atoms with van der Waals surface area (Å²) < 4.78 is 9.55. The predicted molar refractivity (Wildman–Crippen MR) is 86.8 cm³/mol. The molecule has 0 aliphatic rings. The summed E-state index contributed by atoms with van der Waals surface area (Å²) in [6, 6.07) is 5.28. The first kappa shape index (κ1) is 20.3. The quantitative estimate of drug-likeness (QED) is 0.491. The second-order valence-corrected chi connectivity index (χ2v) is 5.56. The van der Waals surface area contributed by atoms with Crippen LogP contribution in [-0.4, -0.2) is 41.4 Å². The number of ether oxygens (including phenoxy) is 2. The zero-order valence-electron chi connectivity index (χ0n) is 14.1. The van der Waals surface area contributed by atoms with Gasteiger partial charge in [-0.2, -0.15) is 0 Å². The van der Waals surface area contributed by atoms with Crippen LogP contribution in [0.25, 0.3) is 0 Å². The number of carbonyl (C=O) groups excluding carboxylic acids is 3. The summed E-state index contributed by atoms with van der Waals surface area (Å²) in [6.07, 6.45) is -0.162. The van der Waals surface area contributed by atoms with Crippen molar-refractivity contribution in [3.8, 4) is 5.75 Å². The molecule has 0 amide bonds. The standard InChI is InChI=1S/C17H21NO7/c1-10(19)24-9-15(18)16(21)8-13(17(22)23)7-12-3-5-14(6-4-12)25-11(2)20/h3-6,13,15H,7-9,18H2,1-2H3,(H,22,23)/t13?,15-/m0/s1. The number of nitrogens with two attached hydrogens (primary N) is 1. The number of aliphatic carboxylic acids is 1. The summed E-state index contributed by atoms with van der Waals surface area (Å²) in [5.41, 5.74) is 6.28. The molecule has 0 aliphatic heterocycles. The third kappa shape index (κ3) is 7.58. The van der Waals surface area contributed by atoms with Crippen LogP contribution in [-0.2, 0) is 30.3 Å². The Morgan fingerprint density at radius 2 is 1.68 bits per heavy atom. The third-order valence-electron chi connectivity index (χ3n) is 3.34. The molecule has 1 rings (SSSR count). The van der Waals surface area contributed by atoms with Crippen molar-refractivity contribution in [2.45, 2.75) is 32.7 Å². The van der Waals surface area contributed by atoms with Crippen LogP contribution in [0.3, 0.4) is 0 Å². The van der Waals surface area contributed by atoms with Gasteiger partial charge in [0, 0.05) is 20.3 Å². The minimum atomic E-state index is -1.13. The molecule has 0 bridgehead atoms. The van der Waals surface area contributed by atoms with Crippen molar-refractivity contribution < 1.29 is 33.8 Å². The van der Waals surface area contributed by atoms with E-state index in [0.29, 0.717) is 11.3 Å². The van der Waals surface area contributed by atoms with Crippen molar-refractivity contribution in [2.24, 2.45) is 11.7 Å². The lowest BCUT2D eigenvalue weighted by atomic mass is 9.92. The number of esters is 2. The molecule has 136 valence electrons. The Bertz CT molecular complexity index is 639. The van der Waals surface area contributed by atoms with Crippen LogP contribution in [0, 0.1) is 5.92 Å². The molecule has 1 aromatic carbocycles. The fourth-order valence-corrected chi connectivity index (χ4v) is 2.09. The average molecular weight is 351 g/mol. The SMILES string of the molecule is CC(=O)OC[C@H](N)C(=O)CC(Cc1ccc(OC(C)=O)cc1)C(=O)O. The molecule has 1 unspecified atom stereocenters. The number of hydrogen-bond donors (Lipinski definition) is 2. The van der Waals surface area contributed by atoms with Crippen molar-refractivity contribution >= 4 is 23.7 Å². The van der Waals surface area contributed by atoms with Gasteiger partial charge in [0.05, 0.1) is 12.0 Å². The minimum absolute atomic E-state index is 0.113. The summed E-state index contributed by atoms with van der Waals surface area (Å²) in [7, 11) is 0. The maximum Gasteiger partial charge on any atom is 0.308 e. The first-order chi connectivity index (χ1) is 11.7. The summed E-state index contributed by atoms with van der Waals surface area (Å²) in [4.78, 5) is 45.0. The maximum atomic E-state index is 12.0. The van der Waals surface area contributed by atoms with Crippen molar-refractivity contribution in [1.82, 2.24) is 0 Å². The Balaban J connectivity index is 2.67. The lowest BCUT2D eigenvalue weighted by Gasteiger charge is -2.15. The Labute approximate surface area is 144 Å². The number of hydrogen-bond acceptors (Lipinski definition) is 7. The minimum Gasteiger partial charge on any atom is -0.481 e. The van der Waals surface area contributed by atoms with Crippen LogP contribution in [0.2, 0.25) is 0 Å². The van der Waals surface area contributed by atoms with Crippen molar-refractivity contribution in [2.75, 3.05) is 6.61 Å². The number of carboxylic acid groups (broad SMARTS) is 1. The van der Waals surface area contributed by atoms with E-state index in [1.807, 2.05) is 0 Å². The smallest absolute Gasteiger partial charge is 0.308 e. The largest absolute Gasteiger partial charge is 0.481 e. The molecule has 8 nitrogen and oxygen atoms in total. The molecular weight excluding hydrogens is 330 g/mol. The molecule has 8 heteroatoms. The van der Waals surface area contributed by atoms with Gasteiger partial charge in [0.2, 0.25) is 0 Å². The number of ketones is 1. The molecule has 0 fully saturated rings. The summed E-state index contributed by atoms with van der Waals surface area (Å²) in [5, 5.41) is 9.31. The van der Waals surface area contributed by atoms with Crippen LogP contribution < -0.4 is 10.5 Å². The lowest BCUT2D eigenvalue weighted by Crippen LogP contribution is -2.38. The molecule has 0 spiro atoms. The highest BCUT2D eigenvalue weighted by atomic mass is 16.5. The highest BCUT2D eigenvalue weighted by molar-refractivity contribution is 5.88. The summed E-state index contributed by atoms with van der Waals surface area (Å²) in [6.45, 7) is 2.19. The van der Waals surface area contributed by atoms with E-state index in [-0.39, 0.29) is 19.4 Å². The Morgan fingerprint density at radius 3 is 2.16 bits per heavy atom. The van der Waals surface area contributed by atoms with E-state index in [9.17, 15) is 24.3 Å². The number of carboxylic acids is 1. The normalized spacial score (nSPS) is 12.8. The number of Topliss-reactive ketones (excluding diaryl/α,β-unsaturated/α-hetero) is 1. The van der Waals surface area contributed by atoms with Gasteiger partial charge in [-0.3, -0.25) is 19.2 Å². The lowest BCUT2D eigenvalue weighted by molar-refractivity contribution is -0.145. The number of benzene rings is 1. The molecule has 25 heavy (non-hydrogen) atoms. The highest BCUT2D eigenvalue weighted by Gasteiger charge is 2.25. The second-order valence-electron chi connectivity index (χ2n) is 5.56. The summed E-state index contributed by atoms with van der Waals surface area (Å²) >= 11 is 0. The third-order valence-corrected chi connectivity index (χ3v) is 3.34. The Hall–Kier alpha value is -2.74. The van der Waals surface area contributed by atoms with E-state index < -0.39 is 35.7 Å². The second kappa shape index (κ2) is 9.53. The zero-order chi connectivity index (χ0) is 19.0. The Kier molecular flexibility index (Phi) is 7.74. The van der Waals surface area contributed by atoms with Gasteiger partial charge in [-0.05, 0) is 24.1 Å². The highest BCUT2D eigenvalue weighted by Crippen LogP contribution is 2.18. The van der Waals surface area contributed by atoms with E-state index in [1.165, 1.54) is 13.8 Å². The number of carbonyl (C=O) groups is 4. The predicted octanol–water partition coefficient (Wildman–Crippen LogP) is 0.705. The molecule has 1 aromatic rings. The molecule has 3 N–H and O–H groups in total. The molecule has 0 saturated carbocycles. The van der Waals surface area contributed by atoms with Gasteiger partial charge in [-0.25, -0.2) is 0 Å². The van der Waals surface area contributed by atoms with Crippen LogP contribution in [0.4, 0.5) is 0 Å². The van der Waals surface area contributed by atoms with Gasteiger partial charge in [-0.15, -0.1) is 0 Å². The monoisotopic (exact) mass is 351 g/mol. The topological polar surface area (TPSA) is 133 Å². The van der Waals surface area contributed by atoms with Gasteiger partial charge < -0.3 is 20.3 Å². The van der Waals surface area contributed by atoms with E-state index in [4.69, 9.17) is 10.5 Å². The maximum absolute atomic E-state index is 12.0. The first-order valence-corrected chi connectivity index (χ1v) is 7.61. The molecule has 0 heterocycles. The van der Waals surface area contributed by atoms with Crippen LogP contribution in [0.15, 0.2) is 24.3 Å². The van der Waals surface area contributed by atoms with Gasteiger partial charge in [0.15, 0.2) is 5.78 Å². The van der Waals surface area contributed by atoms with Crippen molar-refractivity contribution in [3.63, 3.8) is 0 Å². The van der Waals surface area contributed by atoms with Crippen LogP contribution in [0.5, 0.6) is 5.75 Å². The summed E-state index contributed by atoms with van der Waals surface area (Å²) in [5.74, 6) is -3.25. The fraction of sp³-hybridized carbons (Fsp3) is 0.412. The van der Waals surface area contributed by atoms with E-state index in [0.717, 1.165) is 0 Å². The molecule has 0 aliphatic carbocycles. The van der Waals surface area contributed by atoms with E-state index >= 15 is 0 Å². The first-order valence-electron chi connectivity index (χ1n) is 7.61.